The summed E-state index contributed by atoms with van der Waals surface area (Å²) in [6, 6.07) is 22.2. The van der Waals surface area contributed by atoms with Crippen molar-refractivity contribution in [3.63, 3.8) is 0 Å². The Hall–Kier alpha value is -2.88. The molecule has 2 amide bonds. The Labute approximate surface area is 225 Å². The second kappa shape index (κ2) is 12.4. The zero-order valence-electron chi connectivity index (χ0n) is 19.9. The van der Waals surface area contributed by atoms with Gasteiger partial charge in [-0.3, -0.25) is 13.9 Å². The van der Waals surface area contributed by atoms with E-state index in [1.54, 1.807) is 18.2 Å². The molecule has 0 aliphatic rings. The van der Waals surface area contributed by atoms with Gasteiger partial charge in [0.1, 0.15) is 12.6 Å². The third kappa shape index (κ3) is 7.56. The van der Waals surface area contributed by atoms with Gasteiger partial charge in [-0.25, -0.2) is 8.42 Å². The molecule has 190 valence electrons. The number of sulfonamides is 1. The molecule has 0 saturated heterocycles. The number of anilines is 1. The maximum Gasteiger partial charge on any atom is 0.244 e. The number of carbonyl (C=O) groups is 2. The fourth-order valence-corrected chi connectivity index (χ4v) is 5.27. The van der Waals surface area contributed by atoms with Crippen LogP contribution in [0.1, 0.15) is 11.1 Å². The fourth-order valence-electron chi connectivity index (χ4n) is 3.80. The normalized spacial score (nSPS) is 12.0. The zero-order valence-corrected chi connectivity index (χ0v) is 23.1. The van der Waals surface area contributed by atoms with E-state index in [-0.39, 0.29) is 24.6 Å². The molecule has 0 spiro atoms. The molecule has 1 atom stereocenters. The first-order chi connectivity index (χ1) is 17.1. The minimum absolute atomic E-state index is 0.107. The summed E-state index contributed by atoms with van der Waals surface area (Å²) in [6.07, 6.45) is 1.29. The lowest BCUT2D eigenvalue weighted by Gasteiger charge is -2.33. The molecule has 0 aromatic heterocycles. The predicted molar refractivity (Wildman–Crippen MR) is 146 cm³/mol. The van der Waals surface area contributed by atoms with Crippen LogP contribution in [0.2, 0.25) is 5.02 Å². The molecule has 0 saturated carbocycles. The molecule has 0 radical (unpaired) electrons. The predicted octanol–water partition coefficient (Wildman–Crippen LogP) is 4.25. The Kier molecular flexibility index (Phi) is 9.53. The number of nitrogens with zero attached hydrogens (tertiary/aromatic N) is 2. The number of amides is 2. The second-order valence-corrected chi connectivity index (χ2v) is 11.5. The number of likely N-dealkylation sites (N-methyl/N-ethyl adjacent to an activating group) is 1. The van der Waals surface area contributed by atoms with Crippen molar-refractivity contribution < 1.29 is 18.0 Å². The Morgan fingerprint density at radius 3 is 2.25 bits per heavy atom. The number of benzene rings is 3. The van der Waals surface area contributed by atoms with Gasteiger partial charge in [-0.15, -0.1) is 0 Å². The van der Waals surface area contributed by atoms with Gasteiger partial charge in [-0.05, 0) is 41.5 Å². The molecule has 0 fully saturated rings. The minimum atomic E-state index is -3.83. The van der Waals surface area contributed by atoms with Gasteiger partial charge in [0, 0.05) is 29.5 Å². The lowest BCUT2D eigenvalue weighted by molar-refractivity contribution is -0.139. The highest BCUT2D eigenvalue weighted by molar-refractivity contribution is 9.10. The molecule has 10 heteroatoms. The van der Waals surface area contributed by atoms with Gasteiger partial charge in [-0.1, -0.05) is 76.1 Å². The first-order valence-corrected chi connectivity index (χ1v) is 14.1. The fraction of sp³-hybridized carbons (Fsp3) is 0.231. The average Bonchev–Trinajstić information content (AvgIpc) is 2.84. The third-order valence-corrected chi connectivity index (χ3v) is 7.40. The first-order valence-electron chi connectivity index (χ1n) is 11.1. The Bertz CT molecular complexity index is 1320. The molecule has 0 aliphatic heterocycles. The number of carbonyl (C=O) groups excluding carboxylic acids is 2. The summed E-state index contributed by atoms with van der Waals surface area (Å²) in [5, 5.41) is 2.99. The summed E-state index contributed by atoms with van der Waals surface area (Å²) in [5.41, 5.74) is 1.92. The second-order valence-electron chi connectivity index (χ2n) is 8.22. The van der Waals surface area contributed by atoms with Crippen LogP contribution in [0, 0.1) is 0 Å². The van der Waals surface area contributed by atoms with Gasteiger partial charge in [-0.2, -0.15) is 0 Å². The van der Waals surface area contributed by atoms with Crippen LogP contribution in [0.5, 0.6) is 0 Å². The van der Waals surface area contributed by atoms with Crippen molar-refractivity contribution in [3.05, 3.63) is 99.5 Å². The Balaban J connectivity index is 2.03. The molecule has 36 heavy (non-hydrogen) atoms. The van der Waals surface area contributed by atoms with Gasteiger partial charge in [0.15, 0.2) is 0 Å². The minimum Gasteiger partial charge on any atom is -0.357 e. The van der Waals surface area contributed by atoms with Crippen LogP contribution in [0.4, 0.5) is 5.69 Å². The van der Waals surface area contributed by atoms with Crippen molar-refractivity contribution in [1.29, 1.82) is 0 Å². The van der Waals surface area contributed by atoms with Crippen LogP contribution < -0.4 is 9.62 Å². The van der Waals surface area contributed by atoms with Crippen molar-refractivity contribution in [2.75, 3.05) is 24.2 Å². The third-order valence-electron chi connectivity index (χ3n) is 5.53. The van der Waals surface area contributed by atoms with Crippen LogP contribution in [-0.2, 0) is 32.6 Å². The van der Waals surface area contributed by atoms with Crippen molar-refractivity contribution in [2.45, 2.75) is 19.0 Å². The van der Waals surface area contributed by atoms with Crippen molar-refractivity contribution in [2.24, 2.45) is 0 Å². The maximum absolute atomic E-state index is 13.8. The lowest BCUT2D eigenvalue weighted by Crippen LogP contribution is -2.52. The van der Waals surface area contributed by atoms with E-state index in [0.29, 0.717) is 5.02 Å². The molecule has 1 N–H and O–H groups in total. The van der Waals surface area contributed by atoms with E-state index in [4.69, 9.17) is 11.6 Å². The molecular weight excluding hydrogens is 566 g/mol. The molecule has 3 rings (SSSR count). The van der Waals surface area contributed by atoms with E-state index in [9.17, 15) is 18.0 Å². The molecule has 3 aromatic carbocycles. The number of rotatable bonds is 10. The molecule has 7 nitrogen and oxygen atoms in total. The number of halogens is 2. The van der Waals surface area contributed by atoms with Gasteiger partial charge in [0.05, 0.1) is 11.9 Å². The van der Waals surface area contributed by atoms with Crippen molar-refractivity contribution >= 4 is 55.1 Å². The van der Waals surface area contributed by atoms with Crippen LogP contribution >= 0.6 is 27.5 Å². The first kappa shape index (κ1) is 27.7. The van der Waals surface area contributed by atoms with Gasteiger partial charge < -0.3 is 10.2 Å². The summed E-state index contributed by atoms with van der Waals surface area (Å²) in [5.74, 6) is -0.874. The molecular formula is C26H27BrClN3O4S. The van der Waals surface area contributed by atoms with Gasteiger partial charge in [0.25, 0.3) is 0 Å². The Morgan fingerprint density at radius 2 is 1.64 bits per heavy atom. The highest BCUT2D eigenvalue weighted by Crippen LogP contribution is 2.23. The maximum atomic E-state index is 13.8. The van der Waals surface area contributed by atoms with Gasteiger partial charge >= 0.3 is 0 Å². The number of nitrogens with one attached hydrogen (secondary N) is 1. The van der Waals surface area contributed by atoms with Gasteiger partial charge in [0.2, 0.25) is 21.8 Å². The summed E-state index contributed by atoms with van der Waals surface area (Å²) in [6.45, 7) is -0.383. The summed E-state index contributed by atoms with van der Waals surface area (Å²) in [7, 11) is -2.32. The van der Waals surface area contributed by atoms with Crippen molar-refractivity contribution in [1.82, 2.24) is 10.2 Å². The quantitative estimate of drug-likeness (QED) is 0.381. The zero-order chi connectivity index (χ0) is 26.3. The molecule has 1 unspecified atom stereocenters. The summed E-state index contributed by atoms with van der Waals surface area (Å²) >= 11 is 9.53. The van der Waals surface area contributed by atoms with E-state index in [1.807, 2.05) is 54.6 Å². The van der Waals surface area contributed by atoms with Crippen molar-refractivity contribution in [3.8, 4) is 0 Å². The monoisotopic (exact) mass is 591 g/mol. The van der Waals surface area contributed by atoms with Crippen LogP contribution in [-0.4, -0.2) is 51.0 Å². The molecule has 0 bridgehead atoms. The van der Waals surface area contributed by atoms with E-state index in [1.165, 1.54) is 18.0 Å². The highest BCUT2D eigenvalue weighted by atomic mass is 79.9. The highest BCUT2D eigenvalue weighted by Gasteiger charge is 2.32. The standard InChI is InChI=1S/C26H27BrClN3O4S/c1-29-26(33)24(15-19-8-4-3-5-9-19)30(17-20-10-6-11-21(27)14-20)25(32)18-31(36(2,34)35)23-13-7-12-22(28)16-23/h3-14,16,24H,15,17-18H2,1-2H3,(H,29,33). The van der Waals surface area contributed by atoms with Crippen LogP contribution in [0.3, 0.4) is 0 Å². The molecule has 3 aromatic rings. The lowest BCUT2D eigenvalue weighted by atomic mass is 10.0. The SMILES string of the molecule is CNC(=O)C(Cc1ccccc1)N(Cc1cccc(Br)c1)C(=O)CN(c1cccc(Cl)c1)S(C)(=O)=O. The molecule has 0 heterocycles. The van der Waals surface area contributed by atoms with Crippen LogP contribution in [0.25, 0.3) is 0 Å². The number of hydrogen-bond acceptors (Lipinski definition) is 4. The molecule has 0 aliphatic carbocycles. The van der Waals surface area contributed by atoms with E-state index < -0.39 is 28.5 Å². The van der Waals surface area contributed by atoms with E-state index in [0.717, 1.165) is 26.2 Å². The largest absolute Gasteiger partial charge is 0.357 e. The topological polar surface area (TPSA) is 86.8 Å². The van der Waals surface area contributed by atoms with Crippen LogP contribution in [0.15, 0.2) is 83.3 Å². The number of hydrogen-bond donors (Lipinski definition) is 1. The van der Waals surface area contributed by atoms with E-state index in [2.05, 4.69) is 21.2 Å². The average molecular weight is 593 g/mol. The summed E-state index contributed by atoms with van der Waals surface area (Å²) < 4.78 is 27.2. The Morgan fingerprint density at radius 1 is 0.972 bits per heavy atom. The summed E-state index contributed by atoms with van der Waals surface area (Å²) in [4.78, 5) is 28.3. The van der Waals surface area contributed by atoms with E-state index >= 15 is 0 Å². The smallest absolute Gasteiger partial charge is 0.244 e.